The van der Waals surface area contributed by atoms with Gasteiger partial charge in [0.2, 0.25) is 0 Å². The van der Waals surface area contributed by atoms with E-state index in [9.17, 15) is 4.79 Å². The molecule has 0 aliphatic carbocycles. The molecule has 0 bridgehead atoms. The Kier molecular flexibility index (Phi) is 5.31. The summed E-state index contributed by atoms with van der Waals surface area (Å²) in [7, 11) is 1.61. The minimum absolute atomic E-state index is 0.292. The molecule has 0 saturated heterocycles. The lowest BCUT2D eigenvalue weighted by Crippen LogP contribution is -2.11. The number of hydrogen-bond donors (Lipinski definition) is 2. The molecule has 2 N–H and O–H groups in total. The van der Waals surface area contributed by atoms with Crippen molar-refractivity contribution in [1.82, 2.24) is 20.0 Å². The number of methoxy groups -OCH3 is 1. The number of nitrogens with one attached hydrogen (secondary N) is 2. The van der Waals surface area contributed by atoms with Crippen molar-refractivity contribution < 1.29 is 9.53 Å². The van der Waals surface area contributed by atoms with Crippen LogP contribution in [0, 0.1) is 0 Å². The third kappa shape index (κ3) is 4.47. The smallest absolute Gasteiger partial charge is 0.273 e. The van der Waals surface area contributed by atoms with Crippen LogP contribution in [-0.2, 0) is 6.54 Å². The number of amides is 1. The predicted octanol–water partition coefficient (Wildman–Crippen LogP) is 4.24. The summed E-state index contributed by atoms with van der Waals surface area (Å²) < 4.78 is 6.89. The van der Waals surface area contributed by atoms with E-state index >= 15 is 0 Å². The SMILES string of the molecule is COc1ccc(-c2cc(C(=O)Nc3cnn(Cc4cccc(Cl)c4)c3)[nH]n2)cc1. The van der Waals surface area contributed by atoms with E-state index in [4.69, 9.17) is 16.3 Å². The van der Waals surface area contributed by atoms with E-state index in [2.05, 4.69) is 20.6 Å². The quantitative estimate of drug-likeness (QED) is 0.500. The first kappa shape index (κ1) is 18.8. The highest BCUT2D eigenvalue weighted by molar-refractivity contribution is 6.30. The number of anilines is 1. The summed E-state index contributed by atoms with van der Waals surface area (Å²) >= 11 is 6.01. The Morgan fingerprint density at radius 1 is 1.21 bits per heavy atom. The summed E-state index contributed by atoms with van der Waals surface area (Å²) in [4.78, 5) is 12.5. The third-order valence-corrected chi connectivity index (χ3v) is 4.57. The number of rotatable bonds is 6. The first-order valence-electron chi connectivity index (χ1n) is 8.89. The highest BCUT2D eigenvalue weighted by Gasteiger charge is 2.12. The molecule has 0 saturated carbocycles. The summed E-state index contributed by atoms with van der Waals surface area (Å²) in [6, 6.07) is 16.7. The number of benzene rings is 2. The first-order valence-corrected chi connectivity index (χ1v) is 9.26. The molecule has 8 heteroatoms. The molecule has 0 aliphatic heterocycles. The molecule has 0 unspecified atom stereocenters. The third-order valence-electron chi connectivity index (χ3n) is 4.33. The molecule has 2 aromatic heterocycles. The van der Waals surface area contributed by atoms with Gasteiger partial charge in [0.15, 0.2) is 0 Å². The lowest BCUT2D eigenvalue weighted by Gasteiger charge is -2.02. The van der Waals surface area contributed by atoms with Gasteiger partial charge in [0.1, 0.15) is 11.4 Å². The Morgan fingerprint density at radius 2 is 2.03 bits per heavy atom. The summed E-state index contributed by atoms with van der Waals surface area (Å²) in [6.45, 7) is 0.558. The Morgan fingerprint density at radius 3 is 2.79 bits per heavy atom. The lowest BCUT2D eigenvalue weighted by atomic mass is 10.1. The van der Waals surface area contributed by atoms with E-state index in [1.54, 1.807) is 30.3 Å². The van der Waals surface area contributed by atoms with Crippen LogP contribution in [0.3, 0.4) is 0 Å². The van der Waals surface area contributed by atoms with Crippen LogP contribution in [0.4, 0.5) is 5.69 Å². The number of hydrogen-bond acceptors (Lipinski definition) is 4. The molecular formula is C21H18ClN5O2. The zero-order chi connectivity index (χ0) is 20.2. The van der Waals surface area contributed by atoms with Crippen molar-refractivity contribution in [1.29, 1.82) is 0 Å². The molecule has 0 aliphatic rings. The minimum atomic E-state index is -0.292. The summed E-state index contributed by atoms with van der Waals surface area (Å²) in [5.74, 6) is 0.469. The summed E-state index contributed by atoms with van der Waals surface area (Å²) in [6.07, 6.45) is 3.36. The molecule has 2 aromatic carbocycles. The van der Waals surface area contributed by atoms with Crippen LogP contribution in [0.5, 0.6) is 5.75 Å². The van der Waals surface area contributed by atoms with Gasteiger partial charge in [-0.25, -0.2) is 0 Å². The molecule has 7 nitrogen and oxygen atoms in total. The fourth-order valence-corrected chi connectivity index (χ4v) is 3.10. The van der Waals surface area contributed by atoms with Gasteiger partial charge < -0.3 is 10.1 Å². The number of carbonyl (C=O) groups is 1. The Hall–Kier alpha value is -3.58. The Balaban J connectivity index is 1.42. The van der Waals surface area contributed by atoms with E-state index < -0.39 is 0 Å². The molecule has 2 heterocycles. The second kappa shape index (κ2) is 8.20. The van der Waals surface area contributed by atoms with Crippen LogP contribution in [0.15, 0.2) is 67.0 Å². The maximum atomic E-state index is 12.5. The van der Waals surface area contributed by atoms with Crippen LogP contribution in [0.25, 0.3) is 11.3 Å². The lowest BCUT2D eigenvalue weighted by molar-refractivity contribution is 0.102. The van der Waals surface area contributed by atoms with Crippen molar-refractivity contribution in [2.75, 3.05) is 12.4 Å². The number of nitrogens with zero attached hydrogens (tertiary/aromatic N) is 3. The Bertz CT molecular complexity index is 1130. The molecule has 1 amide bonds. The fourth-order valence-electron chi connectivity index (χ4n) is 2.88. The average molecular weight is 408 g/mol. The summed E-state index contributed by atoms with van der Waals surface area (Å²) in [5.41, 5.74) is 3.54. The van der Waals surface area contributed by atoms with Crippen molar-refractivity contribution in [3.05, 3.63) is 83.3 Å². The van der Waals surface area contributed by atoms with Crippen LogP contribution in [0.2, 0.25) is 5.02 Å². The topological polar surface area (TPSA) is 84.8 Å². The fraction of sp³-hybridized carbons (Fsp3) is 0.0952. The van der Waals surface area contributed by atoms with Gasteiger partial charge in [-0.3, -0.25) is 14.6 Å². The number of H-pyrrole nitrogens is 1. The summed E-state index contributed by atoms with van der Waals surface area (Å²) in [5, 5.41) is 14.8. The largest absolute Gasteiger partial charge is 0.497 e. The minimum Gasteiger partial charge on any atom is -0.497 e. The highest BCUT2D eigenvalue weighted by atomic mass is 35.5. The van der Waals surface area contributed by atoms with Crippen LogP contribution >= 0.6 is 11.6 Å². The zero-order valence-electron chi connectivity index (χ0n) is 15.6. The molecule has 0 atom stereocenters. The van der Waals surface area contributed by atoms with Crippen molar-refractivity contribution in [2.24, 2.45) is 0 Å². The van der Waals surface area contributed by atoms with Crippen molar-refractivity contribution >= 4 is 23.2 Å². The highest BCUT2D eigenvalue weighted by Crippen LogP contribution is 2.21. The van der Waals surface area contributed by atoms with E-state index in [0.29, 0.717) is 28.6 Å². The number of halogens is 1. The standard InChI is InChI=1S/C21H18ClN5O2/c1-29-18-7-5-15(6-8-18)19-10-20(26-25-19)21(28)24-17-11-23-27(13-17)12-14-3-2-4-16(22)9-14/h2-11,13H,12H2,1H3,(H,24,28)(H,25,26). The molecule has 0 fully saturated rings. The molecule has 0 radical (unpaired) electrons. The first-order chi connectivity index (χ1) is 14.1. The van der Waals surface area contributed by atoms with E-state index in [-0.39, 0.29) is 5.91 Å². The number of ether oxygens (including phenoxy) is 1. The molecule has 0 spiro atoms. The normalized spacial score (nSPS) is 10.7. The van der Waals surface area contributed by atoms with Gasteiger partial charge in [-0.15, -0.1) is 0 Å². The van der Waals surface area contributed by atoms with E-state index in [0.717, 1.165) is 16.9 Å². The van der Waals surface area contributed by atoms with Crippen LogP contribution in [-0.4, -0.2) is 33.0 Å². The molecular weight excluding hydrogens is 390 g/mol. The number of aromatic nitrogens is 4. The monoisotopic (exact) mass is 407 g/mol. The second-order valence-electron chi connectivity index (χ2n) is 6.41. The van der Waals surface area contributed by atoms with Crippen molar-refractivity contribution in [3.63, 3.8) is 0 Å². The van der Waals surface area contributed by atoms with E-state index in [1.165, 1.54) is 0 Å². The van der Waals surface area contributed by atoms with Crippen molar-refractivity contribution in [2.45, 2.75) is 6.54 Å². The molecule has 146 valence electrons. The maximum absolute atomic E-state index is 12.5. The average Bonchev–Trinajstić information content (AvgIpc) is 3.38. The molecule has 29 heavy (non-hydrogen) atoms. The van der Waals surface area contributed by atoms with Crippen molar-refractivity contribution in [3.8, 4) is 17.0 Å². The van der Waals surface area contributed by atoms with Gasteiger partial charge in [-0.05, 0) is 48.0 Å². The second-order valence-corrected chi connectivity index (χ2v) is 6.84. The van der Waals surface area contributed by atoms with Crippen LogP contribution in [0.1, 0.15) is 16.1 Å². The zero-order valence-corrected chi connectivity index (χ0v) is 16.3. The van der Waals surface area contributed by atoms with Gasteiger partial charge in [0.05, 0.1) is 31.2 Å². The van der Waals surface area contributed by atoms with Crippen LogP contribution < -0.4 is 10.1 Å². The number of carbonyl (C=O) groups excluding carboxylic acids is 1. The van der Waals surface area contributed by atoms with Gasteiger partial charge in [0, 0.05) is 16.8 Å². The van der Waals surface area contributed by atoms with Gasteiger partial charge in [-0.2, -0.15) is 10.2 Å². The van der Waals surface area contributed by atoms with Gasteiger partial charge in [-0.1, -0.05) is 23.7 Å². The molecule has 4 rings (SSSR count). The van der Waals surface area contributed by atoms with Gasteiger partial charge >= 0.3 is 0 Å². The van der Waals surface area contributed by atoms with E-state index in [1.807, 2.05) is 48.5 Å². The Labute approximate surface area is 172 Å². The van der Waals surface area contributed by atoms with Gasteiger partial charge in [0.25, 0.3) is 5.91 Å². The predicted molar refractivity (Wildman–Crippen MR) is 111 cm³/mol. The number of aromatic amines is 1. The molecule has 4 aromatic rings. The maximum Gasteiger partial charge on any atom is 0.273 e.